The Labute approximate surface area is 425 Å². The number of oxime groups is 3. The van der Waals surface area contributed by atoms with Crippen LogP contribution in [0.1, 0.15) is 109 Å². The first kappa shape index (κ1) is 69.2. The number of halogens is 4. The Morgan fingerprint density at radius 1 is 0.556 bits per heavy atom. The molecule has 0 atom stereocenters. The molecule has 0 radical (unpaired) electrons. The Bertz CT molecular complexity index is 1930. The van der Waals surface area contributed by atoms with E-state index in [2.05, 4.69) is 57.2 Å². The Balaban J connectivity index is 0. The van der Waals surface area contributed by atoms with Gasteiger partial charge >= 0.3 is 5.97 Å². The summed E-state index contributed by atoms with van der Waals surface area (Å²) in [4.78, 5) is 49.8. The molecule has 0 saturated carbocycles. The van der Waals surface area contributed by atoms with E-state index in [4.69, 9.17) is 26.1 Å². The SMILES string of the molecule is C/C(=N/O)C(C)(C)NCCN(CCNC(=O)CCC(=O)O)CCNC(C)(C)/C(C)=N\O.CC(=N)C(C)(C)NCCN(CCNC(=O)CCC(=O)Sc1c(F)c(F)cc(F)c1F)CCNC(C)(C)/C(C)=N\O.O. The maximum Gasteiger partial charge on any atom is 0.303 e. The summed E-state index contributed by atoms with van der Waals surface area (Å²) in [5, 5.41) is 71.4. The molecule has 1 rings (SSSR count). The van der Waals surface area contributed by atoms with Crippen LogP contribution in [-0.4, -0.2) is 182 Å². The van der Waals surface area contributed by atoms with Crippen molar-refractivity contribution in [2.75, 3.05) is 78.5 Å². The number of rotatable bonds is 33. The maximum atomic E-state index is 13.8. The maximum absolute atomic E-state index is 13.8. The lowest BCUT2D eigenvalue weighted by Gasteiger charge is -2.30. The predicted octanol–water partition coefficient (Wildman–Crippen LogP) is 3.57. The molecule has 0 saturated heterocycles. The molecule has 0 fully saturated rings. The monoisotopic (exact) mass is 1050 g/mol. The molecule has 0 bridgehead atoms. The molecular formula is C46H82F4N12O9S. The highest BCUT2D eigenvalue weighted by Gasteiger charge is 2.26. The normalized spacial score (nSPS) is 12.8. The van der Waals surface area contributed by atoms with Gasteiger partial charge in [-0.2, -0.15) is 0 Å². The molecule has 26 heteroatoms. The van der Waals surface area contributed by atoms with Gasteiger partial charge in [0.2, 0.25) is 11.8 Å². The van der Waals surface area contributed by atoms with Crippen molar-refractivity contribution in [3.05, 3.63) is 29.3 Å². The molecule has 0 aliphatic heterocycles. The fourth-order valence-corrected chi connectivity index (χ4v) is 6.60. The quantitative estimate of drug-likeness (QED) is 0.0120. The number of carbonyl (C=O) groups excluding carboxylic acids is 3. The van der Waals surface area contributed by atoms with E-state index in [0.717, 1.165) is 0 Å². The number of thioether (sulfide) groups is 1. The zero-order valence-electron chi connectivity index (χ0n) is 44.0. The van der Waals surface area contributed by atoms with Crippen molar-refractivity contribution >= 4 is 57.5 Å². The number of hydrogen-bond acceptors (Lipinski definition) is 18. The van der Waals surface area contributed by atoms with Crippen molar-refractivity contribution in [3.8, 4) is 0 Å². The molecular weight excluding hydrogens is 973 g/mol. The number of amides is 2. The Morgan fingerprint density at radius 2 is 0.861 bits per heavy atom. The second kappa shape index (κ2) is 33.8. The zero-order chi connectivity index (χ0) is 54.8. The summed E-state index contributed by atoms with van der Waals surface area (Å²) in [6.07, 6.45) is -0.883. The average molecular weight is 1060 g/mol. The summed E-state index contributed by atoms with van der Waals surface area (Å²) < 4.78 is 54.2. The standard InChI is InChI=1S/C26H40F4N6O3S.C20H40N6O5.H2O/c1-16(31)25(3,4)33-10-13-36(14-11-34-26(5,6)17(2)35-39)12-9-32-20(37)7-8-21(38)40-24-22(29)18(27)15-19(28)23(24)30;1-15(24-30)19(3,4)22-10-13-26(12-9-21-17(27)7-8-18(28)29)14-11-23-20(5,6)16(2)25-31;/h15,31,33-34,39H,7-14H2,1-6H3,(H,32,37);22-23,30-31H,7-14H2,1-6H3,(H,21,27)(H,28,29);1H2/b31-16?,35-17-;24-15-,25-16-;. The van der Waals surface area contributed by atoms with Gasteiger partial charge in [-0.1, -0.05) is 15.5 Å². The molecule has 0 aromatic heterocycles. The highest BCUT2D eigenvalue weighted by Crippen LogP contribution is 2.30. The van der Waals surface area contributed by atoms with E-state index in [0.29, 0.717) is 94.8 Å². The van der Waals surface area contributed by atoms with Crippen LogP contribution in [0.2, 0.25) is 0 Å². The number of benzene rings is 1. The van der Waals surface area contributed by atoms with Crippen molar-refractivity contribution < 1.29 is 62.9 Å². The minimum absolute atomic E-state index is 0. The van der Waals surface area contributed by atoms with Gasteiger partial charge in [0, 0.05) is 110 Å². The molecule has 414 valence electrons. The van der Waals surface area contributed by atoms with Crippen molar-refractivity contribution in [1.29, 1.82) is 5.41 Å². The third kappa shape index (κ3) is 27.3. The van der Waals surface area contributed by atoms with Crippen LogP contribution in [0.15, 0.2) is 26.4 Å². The van der Waals surface area contributed by atoms with Gasteiger partial charge < -0.3 is 63.5 Å². The summed E-state index contributed by atoms with van der Waals surface area (Å²) in [6.45, 7) is 28.9. The molecule has 1 aromatic rings. The second-order valence-corrected chi connectivity index (χ2v) is 20.0. The van der Waals surface area contributed by atoms with Crippen LogP contribution in [0.3, 0.4) is 0 Å². The van der Waals surface area contributed by atoms with Crippen molar-refractivity contribution in [2.45, 2.75) is 136 Å². The topological polar surface area (TPSA) is 320 Å². The van der Waals surface area contributed by atoms with Crippen molar-refractivity contribution in [1.82, 2.24) is 41.7 Å². The third-order valence-corrected chi connectivity index (χ3v) is 13.0. The van der Waals surface area contributed by atoms with Crippen LogP contribution in [0, 0.1) is 28.7 Å². The Morgan fingerprint density at radius 3 is 1.17 bits per heavy atom. The van der Waals surface area contributed by atoms with E-state index in [-0.39, 0.29) is 61.4 Å². The van der Waals surface area contributed by atoms with Gasteiger partial charge in [-0.3, -0.25) is 29.0 Å². The minimum Gasteiger partial charge on any atom is -0.481 e. The van der Waals surface area contributed by atoms with E-state index in [1.165, 1.54) is 0 Å². The summed E-state index contributed by atoms with van der Waals surface area (Å²) >= 11 is 0.0132. The van der Waals surface area contributed by atoms with E-state index in [1.54, 1.807) is 27.7 Å². The number of carboxylic acid groups (broad SMARTS) is 1. The zero-order valence-corrected chi connectivity index (χ0v) is 44.8. The molecule has 0 unspecified atom stereocenters. The van der Waals surface area contributed by atoms with Gasteiger partial charge in [0.15, 0.2) is 28.4 Å². The van der Waals surface area contributed by atoms with E-state index >= 15 is 0 Å². The highest BCUT2D eigenvalue weighted by molar-refractivity contribution is 8.13. The van der Waals surface area contributed by atoms with Gasteiger partial charge in [0.05, 0.1) is 50.6 Å². The first-order chi connectivity index (χ1) is 32.9. The van der Waals surface area contributed by atoms with E-state index < -0.39 is 67.3 Å². The van der Waals surface area contributed by atoms with Gasteiger partial charge in [-0.05, 0) is 94.8 Å². The van der Waals surface area contributed by atoms with Crippen LogP contribution in [-0.2, 0) is 19.2 Å². The summed E-state index contributed by atoms with van der Waals surface area (Å²) in [7, 11) is 0. The Hall–Kier alpha value is -4.83. The molecule has 72 heavy (non-hydrogen) atoms. The molecule has 21 nitrogen and oxygen atoms in total. The largest absolute Gasteiger partial charge is 0.481 e. The van der Waals surface area contributed by atoms with Crippen LogP contribution >= 0.6 is 11.8 Å². The fraction of sp³-hybridized carbons (Fsp3) is 0.696. The molecule has 0 aliphatic rings. The van der Waals surface area contributed by atoms with E-state index in [1.807, 2.05) is 55.4 Å². The van der Waals surface area contributed by atoms with Crippen LogP contribution < -0.4 is 31.9 Å². The van der Waals surface area contributed by atoms with Crippen LogP contribution in [0.5, 0.6) is 0 Å². The third-order valence-electron chi connectivity index (χ3n) is 12.0. The lowest BCUT2D eigenvalue weighted by molar-refractivity contribution is -0.138. The molecule has 0 heterocycles. The van der Waals surface area contributed by atoms with Gasteiger partial charge in [0.1, 0.15) is 0 Å². The Kier molecular flexibility index (Phi) is 32.5. The smallest absolute Gasteiger partial charge is 0.303 e. The fourth-order valence-electron chi connectivity index (χ4n) is 5.79. The predicted molar refractivity (Wildman–Crippen MR) is 272 cm³/mol. The number of carbonyl (C=O) groups is 4. The number of hydrogen-bond donors (Lipinski definition) is 11. The number of aliphatic carboxylic acids is 1. The van der Waals surface area contributed by atoms with E-state index in [9.17, 15) is 36.7 Å². The lowest BCUT2D eigenvalue weighted by Crippen LogP contribution is -2.51. The minimum atomic E-state index is -1.66. The first-order valence-electron chi connectivity index (χ1n) is 23.2. The number of nitrogens with one attached hydrogen (secondary N) is 7. The number of nitrogens with zero attached hydrogens (tertiary/aromatic N) is 5. The van der Waals surface area contributed by atoms with Gasteiger partial charge in [0.25, 0.3) is 0 Å². The lowest BCUT2D eigenvalue weighted by atomic mass is 9.99. The molecule has 0 spiro atoms. The molecule has 13 N–H and O–H groups in total. The highest BCUT2D eigenvalue weighted by atomic mass is 32.2. The van der Waals surface area contributed by atoms with Gasteiger partial charge in [-0.25, -0.2) is 17.6 Å². The van der Waals surface area contributed by atoms with Crippen molar-refractivity contribution in [2.24, 2.45) is 15.5 Å². The average Bonchev–Trinajstić information content (AvgIpc) is 3.29. The summed E-state index contributed by atoms with van der Waals surface area (Å²) in [6, 6.07) is 0.0587. The first-order valence-corrected chi connectivity index (χ1v) is 24.1. The molecule has 2 amide bonds. The van der Waals surface area contributed by atoms with Crippen LogP contribution in [0.25, 0.3) is 0 Å². The number of carboxylic acids is 1. The second-order valence-electron chi connectivity index (χ2n) is 18.9. The molecule has 0 aliphatic carbocycles. The van der Waals surface area contributed by atoms with Crippen molar-refractivity contribution in [3.63, 3.8) is 0 Å². The summed E-state index contributed by atoms with van der Waals surface area (Å²) in [5.74, 6) is -8.29. The molecule has 1 aromatic carbocycles. The van der Waals surface area contributed by atoms with Crippen LogP contribution in [0.4, 0.5) is 17.6 Å². The summed E-state index contributed by atoms with van der Waals surface area (Å²) in [5.41, 5.74) is 0.258. The van der Waals surface area contributed by atoms with Gasteiger partial charge in [-0.15, -0.1) is 0 Å².